The molecule has 1 aromatic carbocycles. The number of ether oxygens (including phenoxy) is 1. The Balaban J connectivity index is 1.81. The number of amides is 2. The molecule has 1 heterocycles. The van der Waals surface area contributed by atoms with Gasteiger partial charge in [-0.3, -0.25) is 9.59 Å². The summed E-state index contributed by atoms with van der Waals surface area (Å²) in [5.74, 6) is -1.49. The van der Waals surface area contributed by atoms with Crippen LogP contribution in [0.3, 0.4) is 0 Å². The molecule has 0 bridgehead atoms. The SMILES string of the molecule is CCOC(=O)C(=O)Nc1ccc(CCC(=O)N2CCCC2)cc1. The van der Waals surface area contributed by atoms with Crippen molar-refractivity contribution in [2.45, 2.75) is 32.6 Å². The Morgan fingerprint density at radius 1 is 1.13 bits per heavy atom. The van der Waals surface area contributed by atoms with Crippen molar-refractivity contribution in [2.75, 3.05) is 25.0 Å². The van der Waals surface area contributed by atoms with Gasteiger partial charge in [-0.2, -0.15) is 0 Å². The molecule has 0 spiro atoms. The molecule has 0 saturated carbocycles. The molecule has 1 N–H and O–H groups in total. The minimum Gasteiger partial charge on any atom is -0.459 e. The van der Waals surface area contributed by atoms with Crippen molar-refractivity contribution < 1.29 is 19.1 Å². The minimum absolute atomic E-state index is 0.163. The molecule has 2 rings (SSSR count). The predicted octanol–water partition coefficient (Wildman–Crippen LogP) is 1.74. The number of hydrogen-bond acceptors (Lipinski definition) is 4. The highest BCUT2D eigenvalue weighted by molar-refractivity contribution is 6.37. The molecule has 1 aromatic rings. The lowest BCUT2D eigenvalue weighted by molar-refractivity contribution is -0.152. The van der Waals surface area contributed by atoms with Gasteiger partial charge in [0.15, 0.2) is 0 Å². The maximum Gasteiger partial charge on any atom is 0.397 e. The molecule has 0 aliphatic carbocycles. The normalized spacial score (nSPS) is 13.7. The van der Waals surface area contributed by atoms with Gasteiger partial charge in [0.05, 0.1) is 6.61 Å². The molecule has 6 heteroatoms. The number of carbonyl (C=O) groups excluding carboxylic acids is 3. The highest BCUT2D eigenvalue weighted by Crippen LogP contribution is 2.14. The third-order valence-electron chi connectivity index (χ3n) is 3.76. The Kier molecular flexibility index (Phi) is 6.14. The summed E-state index contributed by atoms with van der Waals surface area (Å²) in [5.41, 5.74) is 1.55. The second-order valence-electron chi connectivity index (χ2n) is 5.46. The van der Waals surface area contributed by atoms with E-state index in [1.165, 1.54) is 0 Å². The smallest absolute Gasteiger partial charge is 0.397 e. The van der Waals surface area contributed by atoms with E-state index in [0.29, 0.717) is 18.5 Å². The molecule has 23 heavy (non-hydrogen) atoms. The first-order valence-electron chi connectivity index (χ1n) is 7.95. The number of esters is 1. The number of hydrogen-bond donors (Lipinski definition) is 1. The molecule has 1 saturated heterocycles. The molecule has 0 radical (unpaired) electrons. The number of carbonyl (C=O) groups is 3. The fourth-order valence-corrected chi connectivity index (χ4v) is 2.51. The van der Waals surface area contributed by atoms with Gasteiger partial charge in [0.2, 0.25) is 5.91 Å². The summed E-state index contributed by atoms with van der Waals surface area (Å²) < 4.78 is 4.62. The number of likely N-dealkylation sites (tertiary alicyclic amines) is 1. The molecule has 1 aliphatic rings. The maximum absolute atomic E-state index is 12.0. The second-order valence-corrected chi connectivity index (χ2v) is 5.46. The minimum atomic E-state index is -0.896. The van der Waals surface area contributed by atoms with Crippen molar-refractivity contribution in [3.8, 4) is 0 Å². The van der Waals surface area contributed by atoms with Gasteiger partial charge in [-0.25, -0.2) is 4.79 Å². The highest BCUT2D eigenvalue weighted by Gasteiger charge is 2.17. The van der Waals surface area contributed by atoms with Crippen LogP contribution < -0.4 is 5.32 Å². The monoisotopic (exact) mass is 318 g/mol. The van der Waals surface area contributed by atoms with Crippen molar-refractivity contribution in [3.05, 3.63) is 29.8 Å². The summed E-state index contributed by atoms with van der Waals surface area (Å²) >= 11 is 0. The molecule has 0 unspecified atom stereocenters. The maximum atomic E-state index is 12.0. The number of anilines is 1. The zero-order valence-corrected chi connectivity index (χ0v) is 13.3. The van der Waals surface area contributed by atoms with Gasteiger partial charge in [0.25, 0.3) is 0 Å². The topological polar surface area (TPSA) is 75.7 Å². The van der Waals surface area contributed by atoms with Gasteiger partial charge in [0.1, 0.15) is 0 Å². The van der Waals surface area contributed by atoms with E-state index in [1.807, 2.05) is 17.0 Å². The molecule has 0 atom stereocenters. The summed E-state index contributed by atoms with van der Waals surface area (Å²) in [6.07, 6.45) is 3.36. The molecule has 1 aliphatic heterocycles. The lowest BCUT2D eigenvalue weighted by Gasteiger charge is -2.15. The van der Waals surface area contributed by atoms with Crippen LogP contribution in [0.15, 0.2) is 24.3 Å². The Morgan fingerprint density at radius 2 is 1.78 bits per heavy atom. The third kappa shape index (κ3) is 5.09. The van der Waals surface area contributed by atoms with Gasteiger partial charge in [-0.1, -0.05) is 12.1 Å². The van der Waals surface area contributed by atoms with Crippen LogP contribution in [0.2, 0.25) is 0 Å². The zero-order chi connectivity index (χ0) is 16.7. The van der Waals surface area contributed by atoms with Crippen molar-refractivity contribution in [3.63, 3.8) is 0 Å². The number of nitrogens with zero attached hydrogens (tertiary/aromatic N) is 1. The Hall–Kier alpha value is -2.37. The van der Waals surface area contributed by atoms with Crippen LogP contribution in [0.1, 0.15) is 31.7 Å². The summed E-state index contributed by atoms with van der Waals surface area (Å²) in [5, 5.41) is 2.47. The van der Waals surface area contributed by atoms with Crippen LogP contribution in [0.25, 0.3) is 0 Å². The van der Waals surface area contributed by atoms with Gasteiger partial charge in [-0.05, 0) is 43.9 Å². The van der Waals surface area contributed by atoms with Crippen LogP contribution in [-0.4, -0.2) is 42.4 Å². The predicted molar refractivity (Wildman–Crippen MR) is 85.8 cm³/mol. The highest BCUT2D eigenvalue weighted by atomic mass is 16.5. The molecule has 0 aromatic heterocycles. The number of benzene rings is 1. The Bertz CT molecular complexity index is 562. The van der Waals surface area contributed by atoms with Gasteiger partial charge >= 0.3 is 11.9 Å². The van der Waals surface area contributed by atoms with Gasteiger partial charge in [-0.15, -0.1) is 0 Å². The average molecular weight is 318 g/mol. The fraction of sp³-hybridized carbons (Fsp3) is 0.471. The molecule has 6 nitrogen and oxygen atoms in total. The van der Waals surface area contributed by atoms with Crippen LogP contribution >= 0.6 is 0 Å². The van der Waals surface area contributed by atoms with E-state index < -0.39 is 11.9 Å². The van der Waals surface area contributed by atoms with Gasteiger partial charge < -0.3 is 15.0 Å². The third-order valence-corrected chi connectivity index (χ3v) is 3.76. The molecular formula is C17H22N2O4. The number of nitrogens with one attached hydrogen (secondary N) is 1. The van der Waals surface area contributed by atoms with E-state index in [2.05, 4.69) is 10.1 Å². The molecular weight excluding hydrogens is 296 g/mol. The van der Waals surface area contributed by atoms with Crippen LogP contribution in [0, 0.1) is 0 Å². The average Bonchev–Trinajstić information content (AvgIpc) is 3.08. The lowest BCUT2D eigenvalue weighted by Crippen LogP contribution is -2.27. The Labute approximate surface area is 135 Å². The second kappa shape index (κ2) is 8.31. The van der Waals surface area contributed by atoms with E-state index in [1.54, 1.807) is 19.1 Å². The lowest BCUT2D eigenvalue weighted by atomic mass is 10.1. The first kappa shape index (κ1) is 17.0. The van der Waals surface area contributed by atoms with Crippen LogP contribution in [0.4, 0.5) is 5.69 Å². The summed E-state index contributed by atoms with van der Waals surface area (Å²) in [6, 6.07) is 7.12. The summed E-state index contributed by atoms with van der Waals surface area (Å²) in [4.78, 5) is 36.7. The zero-order valence-electron chi connectivity index (χ0n) is 13.3. The fourth-order valence-electron chi connectivity index (χ4n) is 2.51. The quantitative estimate of drug-likeness (QED) is 0.663. The molecule has 1 fully saturated rings. The van der Waals surface area contributed by atoms with Gasteiger partial charge in [0, 0.05) is 25.2 Å². The van der Waals surface area contributed by atoms with Crippen LogP contribution in [-0.2, 0) is 25.5 Å². The van der Waals surface area contributed by atoms with Crippen molar-refractivity contribution in [1.29, 1.82) is 0 Å². The first-order chi connectivity index (χ1) is 11.1. The van der Waals surface area contributed by atoms with E-state index in [9.17, 15) is 14.4 Å². The van der Waals surface area contributed by atoms with Crippen molar-refractivity contribution in [1.82, 2.24) is 4.90 Å². The van der Waals surface area contributed by atoms with Crippen molar-refractivity contribution >= 4 is 23.5 Å². The largest absolute Gasteiger partial charge is 0.459 e. The van der Waals surface area contributed by atoms with Crippen LogP contribution in [0.5, 0.6) is 0 Å². The molecule has 124 valence electrons. The standard InChI is InChI=1S/C17H22N2O4/c1-2-23-17(22)16(21)18-14-8-5-13(6-9-14)7-10-15(20)19-11-3-4-12-19/h5-6,8-9H,2-4,7,10-12H2,1H3,(H,18,21). The van der Waals surface area contributed by atoms with E-state index in [-0.39, 0.29) is 12.5 Å². The Morgan fingerprint density at radius 3 is 2.39 bits per heavy atom. The summed E-state index contributed by atoms with van der Waals surface area (Å²) in [6.45, 7) is 3.55. The summed E-state index contributed by atoms with van der Waals surface area (Å²) in [7, 11) is 0. The van der Waals surface area contributed by atoms with Crippen molar-refractivity contribution in [2.24, 2.45) is 0 Å². The van der Waals surface area contributed by atoms with E-state index in [4.69, 9.17) is 0 Å². The molecule has 2 amide bonds. The van der Waals surface area contributed by atoms with E-state index >= 15 is 0 Å². The first-order valence-corrected chi connectivity index (χ1v) is 7.95. The number of aryl methyl sites for hydroxylation is 1. The van der Waals surface area contributed by atoms with E-state index in [0.717, 1.165) is 31.5 Å². The number of rotatable bonds is 5.